The van der Waals surface area contributed by atoms with Crippen LogP contribution in [0.1, 0.15) is 24.3 Å². The molecule has 116 valence electrons. The van der Waals surface area contributed by atoms with Gasteiger partial charge in [-0.1, -0.05) is 26.0 Å². The second-order valence-electron chi connectivity index (χ2n) is 5.22. The number of hydrogen-bond acceptors (Lipinski definition) is 5. The first kappa shape index (κ1) is 15.8. The van der Waals surface area contributed by atoms with E-state index in [-0.39, 0.29) is 11.6 Å². The number of anilines is 2. The van der Waals surface area contributed by atoms with Gasteiger partial charge in [0.1, 0.15) is 17.3 Å². The fraction of sp³-hybridized carbons (Fsp3) is 0.312. The zero-order valence-corrected chi connectivity index (χ0v) is 13.0. The third-order valence-corrected chi connectivity index (χ3v) is 2.93. The first-order chi connectivity index (χ1) is 10.6. The molecule has 0 atom stereocenters. The van der Waals surface area contributed by atoms with Crippen LogP contribution >= 0.6 is 0 Å². The highest BCUT2D eigenvalue weighted by molar-refractivity contribution is 6.03. The lowest BCUT2D eigenvalue weighted by atomic mass is 10.2. The summed E-state index contributed by atoms with van der Waals surface area (Å²) >= 11 is 0. The van der Waals surface area contributed by atoms with Crippen LogP contribution in [-0.4, -0.2) is 29.5 Å². The Kier molecular flexibility index (Phi) is 5.30. The van der Waals surface area contributed by atoms with E-state index in [9.17, 15) is 4.79 Å². The maximum atomic E-state index is 12.2. The van der Waals surface area contributed by atoms with Crippen molar-refractivity contribution < 1.29 is 9.53 Å². The average Bonchev–Trinajstić information content (AvgIpc) is 2.54. The van der Waals surface area contributed by atoms with Gasteiger partial charge in [-0.05, 0) is 18.1 Å². The molecule has 6 heteroatoms. The number of nitrogens with one attached hydrogen (secondary N) is 2. The largest absolute Gasteiger partial charge is 0.495 e. The first-order valence-electron chi connectivity index (χ1n) is 7.10. The summed E-state index contributed by atoms with van der Waals surface area (Å²) < 4.78 is 5.19. The number of carbonyl (C=O) groups is 1. The van der Waals surface area contributed by atoms with Gasteiger partial charge in [0.05, 0.1) is 25.2 Å². The third kappa shape index (κ3) is 4.18. The summed E-state index contributed by atoms with van der Waals surface area (Å²) in [5.74, 6) is 1.43. The predicted octanol–water partition coefficient (Wildman–Crippen LogP) is 2.81. The third-order valence-electron chi connectivity index (χ3n) is 2.93. The Morgan fingerprint density at radius 2 is 2.00 bits per heavy atom. The molecule has 2 rings (SSSR count). The summed E-state index contributed by atoms with van der Waals surface area (Å²) in [6.07, 6.45) is 3.01. The van der Waals surface area contributed by atoms with Crippen LogP contribution in [0.4, 0.5) is 11.5 Å². The van der Waals surface area contributed by atoms with Crippen molar-refractivity contribution in [1.29, 1.82) is 0 Å². The van der Waals surface area contributed by atoms with E-state index in [4.69, 9.17) is 4.74 Å². The fourth-order valence-electron chi connectivity index (χ4n) is 1.78. The number of ether oxygens (including phenoxy) is 1. The number of amides is 1. The Morgan fingerprint density at radius 1 is 1.23 bits per heavy atom. The SMILES string of the molecule is COc1ccccc1NC(=O)c1cnc(NCC(C)C)cn1. The monoisotopic (exact) mass is 300 g/mol. The number of methoxy groups -OCH3 is 1. The molecule has 0 saturated heterocycles. The van der Waals surface area contributed by atoms with Gasteiger partial charge in [-0.15, -0.1) is 0 Å². The van der Waals surface area contributed by atoms with Crippen LogP contribution in [0, 0.1) is 5.92 Å². The number of carbonyl (C=O) groups excluding carboxylic acids is 1. The Balaban J connectivity index is 2.03. The molecule has 0 aliphatic carbocycles. The van der Waals surface area contributed by atoms with Crippen LogP contribution in [0.25, 0.3) is 0 Å². The van der Waals surface area contributed by atoms with E-state index < -0.39 is 0 Å². The molecule has 1 aromatic heterocycles. The number of rotatable bonds is 6. The van der Waals surface area contributed by atoms with Gasteiger partial charge >= 0.3 is 0 Å². The predicted molar refractivity (Wildman–Crippen MR) is 86.3 cm³/mol. The van der Waals surface area contributed by atoms with Gasteiger partial charge in [0.15, 0.2) is 0 Å². The summed E-state index contributed by atoms with van der Waals surface area (Å²) in [5.41, 5.74) is 0.847. The summed E-state index contributed by atoms with van der Waals surface area (Å²) in [5, 5.41) is 5.91. The second-order valence-corrected chi connectivity index (χ2v) is 5.22. The molecule has 1 amide bonds. The zero-order valence-electron chi connectivity index (χ0n) is 13.0. The minimum absolute atomic E-state index is 0.251. The average molecular weight is 300 g/mol. The van der Waals surface area contributed by atoms with Gasteiger partial charge in [-0.2, -0.15) is 0 Å². The molecule has 6 nitrogen and oxygen atoms in total. The summed E-state index contributed by atoms with van der Waals surface area (Å²) in [4.78, 5) is 20.5. The van der Waals surface area contributed by atoms with Crippen molar-refractivity contribution in [1.82, 2.24) is 9.97 Å². The van der Waals surface area contributed by atoms with Crippen molar-refractivity contribution in [2.45, 2.75) is 13.8 Å². The molecule has 0 aliphatic heterocycles. The maximum Gasteiger partial charge on any atom is 0.275 e. The van der Waals surface area contributed by atoms with Crippen LogP contribution in [0.2, 0.25) is 0 Å². The Morgan fingerprint density at radius 3 is 2.64 bits per heavy atom. The Bertz CT molecular complexity index is 626. The van der Waals surface area contributed by atoms with Crippen molar-refractivity contribution in [2.75, 3.05) is 24.3 Å². The highest BCUT2D eigenvalue weighted by Crippen LogP contribution is 2.23. The van der Waals surface area contributed by atoms with Crippen LogP contribution < -0.4 is 15.4 Å². The van der Waals surface area contributed by atoms with Crippen molar-refractivity contribution in [3.8, 4) is 5.75 Å². The molecule has 2 aromatic rings. The fourth-order valence-corrected chi connectivity index (χ4v) is 1.78. The standard InChI is InChI=1S/C16H20N4O2/c1-11(2)8-18-15-10-17-13(9-19-15)16(21)20-12-6-4-5-7-14(12)22-3/h4-7,9-11H,8H2,1-3H3,(H,18,19)(H,20,21). The van der Waals surface area contributed by atoms with Crippen LogP contribution in [0.5, 0.6) is 5.75 Å². The number of benzene rings is 1. The summed E-state index contributed by atoms with van der Waals surface area (Å²) in [7, 11) is 1.56. The first-order valence-corrected chi connectivity index (χ1v) is 7.10. The number of aromatic nitrogens is 2. The number of nitrogens with zero attached hydrogens (tertiary/aromatic N) is 2. The molecular formula is C16H20N4O2. The minimum atomic E-state index is -0.326. The van der Waals surface area contributed by atoms with E-state index >= 15 is 0 Å². The molecule has 1 aromatic carbocycles. The highest BCUT2D eigenvalue weighted by Gasteiger charge is 2.11. The van der Waals surface area contributed by atoms with E-state index in [1.54, 1.807) is 25.4 Å². The summed E-state index contributed by atoms with van der Waals surface area (Å²) in [6, 6.07) is 7.20. The maximum absolute atomic E-state index is 12.2. The van der Waals surface area contributed by atoms with E-state index in [1.807, 2.05) is 12.1 Å². The van der Waals surface area contributed by atoms with Gasteiger partial charge in [0.25, 0.3) is 5.91 Å². The molecule has 0 saturated carbocycles. The lowest BCUT2D eigenvalue weighted by molar-refractivity contribution is 0.102. The molecule has 0 unspecified atom stereocenters. The molecule has 1 heterocycles. The second kappa shape index (κ2) is 7.40. The van der Waals surface area contributed by atoms with Crippen molar-refractivity contribution >= 4 is 17.4 Å². The van der Waals surface area contributed by atoms with Crippen molar-refractivity contribution in [3.05, 3.63) is 42.4 Å². The van der Waals surface area contributed by atoms with Crippen LogP contribution in [0.3, 0.4) is 0 Å². The molecule has 0 bridgehead atoms. The molecule has 2 N–H and O–H groups in total. The van der Waals surface area contributed by atoms with E-state index in [0.717, 1.165) is 6.54 Å². The van der Waals surface area contributed by atoms with Crippen molar-refractivity contribution in [2.24, 2.45) is 5.92 Å². The molecule has 0 radical (unpaired) electrons. The van der Waals surface area contributed by atoms with Gasteiger partial charge in [-0.3, -0.25) is 4.79 Å². The van der Waals surface area contributed by atoms with E-state index in [1.165, 1.54) is 6.20 Å². The molecule has 0 fully saturated rings. The normalized spacial score (nSPS) is 10.4. The van der Waals surface area contributed by atoms with Crippen molar-refractivity contribution in [3.63, 3.8) is 0 Å². The molecule has 0 aliphatic rings. The van der Waals surface area contributed by atoms with Crippen LogP contribution in [-0.2, 0) is 0 Å². The quantitative estimate of drug-likeness (QED) is 0.858. The molecular weight excluding hydrogens is 280 g/mol. The number of hydrogen-bond donors (Lipinski definition) is 2. The van der Waals surface area contributed by atoms with Gasteiger partial charge in [0.2, 0.25) is 0 Å². The lowest BCUT2D eigenvalue weighted by Gasteiger charge is -2.10. The van der Waals surface area contributed by atoms with Gasteiger partial charge in [-0.25, -0.2) is 9.97 Å². The Labute approximate surface area is 129 Å². The van der Waals surface area contributed by atoms with Gasteiger partial charge in [0, 0.05) is 6.54 Å². The summed E-state index contributed by atoms with van der Waals surface area (Å²) in [6.45, 7) is 5.02. The molecule has 22 heavy (non-hydrogen) atoms. The molecule has 0 spiro atoms. The number of para-hydroxylation sites is 2. The van der Waals surface area contributed by atoms with Crippen LogP contribution in [0.15, 0.2) is 36.7 Å². The lowest BCUT2D eigenvalue weighted by Crippen LogP contribution is -2.15. The topological polar surface area (TPSA) is 76.1 Å². The minimum Gasteiger partial charge on any atom is -0.495 e. The Hall–Kier alpha value is -2.63. The van der Waals surface area contributed by atoms with E-state index in [2.05, 4.69) is 34.4 Å². The zero-order chi connectivity index (χ0) is 15.9. The highest BCUT2D eigenvalue weighted by atomic mass is 16.5. The smallest absolute Gasteiger partial charge is 0.275 e. The van der Waals surface area contributed by atoms with Gasteiger partial charge < -0.3 is 15.4 Å². The van der Waals surface area contributed by atoms with E-state index in [0.29, 0.717) is 23.2 Å².